The van der Waals surface area contributed by atoms with Crippen LogP contribution in [0.3, 0.4) is 0 Å². The van der Waals surface area contributed by atoms with Gasteiger partial charge >= 0.3 is 0 Å². The van der Waals surface area contributed by atoms with Gasteiger partial charge in [-0.25, -0.2) is 0 Å². The predicted octanol–water partition coefficient (Wildman–Crippen LogP) is 3.44. The number of carbonyl (C=O) groups is 2. The van der Waals surface area contributed by atoms with Crippen molar-refractivity contribution in [1.82, 2.24) is 10.2 Å². The van der Waals surface area contributed by atoms with Gasteiger partial charge in [0, 0.05) is 49.2 Å². The van der Waals surface area contributed by atoms with Gasteiger partial charge < -0.3 is 24.9 Å². The number of benzene rings is 2. The second kappa shape index (κ2) is 9.98. The van der Waals surface area contributed by atoms with Crippen molar-refractivity contribution in [3.8, 4) is 0 Å². The molecule has 0 radical (unpaired) electrons. The van der Waals surface area contributed by atoms with Crippen molar-refractivity contribution < 1.29 is 14.0 Å². The van der Waals surface area contributed by atoms with Crippen LogP contribution in [-0.2, 0) is 4.79 Å². The Kier molecular flexibility index (Phi) is 6.67. The van der Waals surface area contributed by atoms with Crippen LogP contribution in [0.4, 0.5) is 11.4 Å². The van der Waals surface area contributed by atoms with Crippen molar-refractivity contribution in [2.75, 3.05) is 43.4 Å². The first-order valence-corrected chi connectivity index (χ1v) is 10.5. The van der Waals surface area contributed by atoms with Crippen LogP contribution in [0.1, 0.15) is 16.1 Å². The molecule has 3 aromatic rings. The number of likely N-dealkylation sites (N-methyl/N-ethyl adjacent to an activating group) is 1. The Bertz CT molecular complexity index is 1070. The number of hydrogen-bond acceptors (Lipinski definition) is 5. The molecule has 1 aromatic heterocycles. The molecule has 0 unspecified atom stereocenters. The number of amides is 2. The zero-order chi connectivity index (χ0) is 22.3. The third-order valence-electron chi connectivity index (χ3n) is 5.35. The molecular formula is C25H26N4O3. The average molecular weight is 431 g/mol. The van der Waals surface area contributed by atoms with Crippen molar-refractivity contribution in [3.05, 3.63) is 90.0 Å². The van der Waals surface area contributed by atoms with Gasteiger partial charge in [-0.1, -0.05) is 18.2 Å². The number of piperazine rings is 1. The summed E-state index contributed by atoms with van der Waals surface area (Å²) in [5, 5.41) is 5.55. The van der Waals surface area contributed by atoms with Gasteiger partial charge in [0.05, 0.1) is 6.26 Å². The van der Waals surface area contributed by atoms with Gasteiger partial charge in [0.2, 0.25) is 0 Å². The van der Waals surface area contributed by atoms with E-state index in [9.17, 15) is 9.59 Å². The van der Waals surface area contributed by atoms with Crippen LogP contribution in [0.15, 0.2) is 83.1 Å². The van der Waals surface area contributed by atoms with Crippen LogP contribution in [0.2, 0.25) is 0 Å². The fourth-order valence-corrected chi connectivity index (χ4v) is 3.48. The number of nitrogens with one attached hydrogen (secondary N) is 2. The minimum absolute atomic E-state index is 0.0944. The summed E-state index contributed by atoms with van der Waals surface area (Å²) < 4.78 is 5.33. The lowest BCUT2D eigenvalue weighted by atomic mass is 10.2. The molecule has 164 valence electrons. The standard InChI is InChI=1S/C25H26N4O3/c1-28-13-15-29(16-14-28)21-11-9-20(10-12-21)26-25(31)23(18-22-8-5-17-32-22)27-24(30)19-6-3-2-4-7-19/h2-12,17-18H,13-16H2,1H3,(H,26,31)(H,27,30)/b23-18-. The number of anilines is 2. The third-order valence-corrected chi connectivity index (χ3v) is 5.35. The Hall–Kier alpha value is -3.84. The van der Waals surface area contributed by atoms with Crippen molar-refractivity contribution in [1.29, 1.82) is 0 Å². The van der Waals surface area contributed by atoms with Crippen LogP contribution in [0.25, 0.3) is 6.08 Å². The first-order valence-electron chi connectivity index (χ1n) is 10.5. The average Bonchev–Trinajstić information content (AvgIpc) is 3.33. The zero-order valence-electron chi connectivity index (χ0n) is 18.0. The molecule has 0 bridgehead atoms. The molecule has 2 N–H and O–H groups in total. The maximum absolute atomic E-state index is 13.0. The molecule has 1 aliphatic rings. The maximum Gasteiger partial charge on any atom is 0.272 e. The Labute approximate surface area is 187 Å². The molecule has 2 amide bonds. The second-order valence-electron chi connectivity index (χ2n) is 7.68. The SMILES string of the molecule is CN1CCN(c2ccc(NC(=O)/C(=C/c3ccco3)NC(=O)c3ccccc3)cc2)CC1. The summed E-state index contributed by atoms with van der Waals surface area (Å²) in [6.07, 6.45) is 3.02. The van der Waals surface area contributed by atoms with E-state index >= 15 is 0 Å². The monoisotopic (exact) mass is 430 g/mol. The number of hydrogen-bond donors (Lipinski definition) is 2. The van der Waals surface area contributed by atoms with Gasteiger partial charge in [-0.3, -0.25) is 9.59 Å². The summed E-state index contributed by atoms with van der Waals surface area (Å²) in [5.41, 5.74) is 2.33. The number of nitrogens with zero attached hydrogens (tertiary/aromatic N) is 2. The highest BCUT2D eigenvalue weighted by atomic mass is 16.3. The number of carbonyl (C=O) groups excluding carboxylic acids is 2. The molecule has 4 rings (SSSR count). The molecule has 32 heavy (non-hydrogen) atoms. The number of rotatable bonds is 6. The minimum Gasteiger partial charge on any atom is -0.465 e. The highest BCUT2D eigenvalue weighted by Gasteiger charge is 2.17. The molecular weight excluding hydrogens is 404 g/mol. The summed E-state index contributed by atoms with van der Waals surface area (Å²) in [5.74, 6) is -0.337. The first-order chi connectivity index (χ1) is 15.6. The number of furan rings is 1. The van der Waals surface area contributed by atoms with Crippen molar-refractivity contribution >= 4 is 29.3 Å². The first kappa shape index (κ1) is 21.4. The van der Waals surface area contributed by atoms with E-state index in [1.165, 1.54) is 12.3 Å². The highest BCUT2D eigenvalue weighted by molar-refractivity contribution is 6.10. The largest absolute Gasteiger partial charge is 0.465 e. The summed E-state index contributed by atoms with van der Waals surface area (Å²) in [6.45, 7) is 4.01. The minimum atomic E-state index is -0.432. The smallest absolute Gasteiger partial charge is 0.272 e. The lowest BCUT2D eigenvalue weighted by Gasteiger charge is -2.34. The lowest BCUT2D eigenvalue weighted by Crippen LogP contribution is -2.44. The van der Waals surface area contributed by atoms with E-state index in [2.05, 4.69) is 27.5 Å². The molecule has 0 saturated carbocycles. The van der Waals surface area contributed by atoms with Crippen LogP contribution in [0.5, 0.6) is 0 Å². The Morgan fingerprint density at radius 3 is 2.28 bits per heavy atom. The predicted molar refractivity (Wildman–Crippen MR) is 125 cm³/mol. The molecule has 0 spiro atoms. The van der Waals surface area contributed by atoms with E-state index in [1.807, 2.05) is 30.3 Å². The highest BCUT2D eigenvalue weighted by Crippen LogP contribution is 2.20. The topological polar surface area (TPSA) is 77.8 Å². The van der Waals surface area contributed by atoms with Crippen LogP contribution < -0.4 is 15.5 Å². The fraction of sp³-hybridized carbons (Fsp3) is 0.200. The van der Waals surface area contributed by atoms with Crippen LogP contribution >= 0.6 is 0 Å². The van der Waals surface area contributed by atoms with E-state index in [0.717, 1.165) is 31.9 Å². The van der Waals surface area contributed by atoms with E-state index < -0.39 is 5.91 Å². The Morgan fingerprint density at radius 1 is 0.906 bits per heavy atom. The van der Waals surface area contributed by atoms with E-state index in [1.54, 1.807) is 36.4 Å². The summed E-state index contributed by atoms with van der Waals surface area (Å²) in [4.78, 5) is 30.2. The fourth-order valence-electron chi connectivity index (χ4n) is 3.48. The molecule has 0 aliphatic carbocycles. The molecule has 7 nitrogen and oxygen atoms in total. The van der Waals surface area contributed by atoms with E-state index in [4.69, 9.17) is 4.42 Å². The van der Waals surface area contributed by atoms with E-state index in [-0.39, 0.29) is 11.6 Å². The molecule has 2 heterocycles. The second-order valence-corrected chi connectivity index (χ2v) is 7.68. The van der Waals surface area contributed by atoms with Crippen LogP contribution in [0, 0.1) is 0 Å². The van der Waals surface area contributed by atoms with Crippen molar-refractivity contribution in [3.63, 3.8) is 0 Å². The Morgan fingerprint density at radius 2 is 1.62 bits per heavy atom. The van der Waals surface area contributed by atoms with E-state index in [0.29, 0.717) is 17.0 Å². The summed E-state index contributed by atoms with van der Waals surface area (Å²) in [7, 11) is 2.13. The van der Waals surface area contributed by atoms with Gasteiger partial charge in [0.15, 0.2) is 0 Å². The molecule has 1 aliphatic heterocycles. The Balaban J connectivity index is 1.47. The summed E-state index contributed by atoms with van der Waals surface area (Å²) >= 11 is 0. The quantitative estimate of drug-likeness (QED) is 0.586. The molecule has 0 atom stereocenters. The van der Waals surface area contributed by atoms with Gasteiger partial charge in [-0.2, -0.15) is 0 Å². The third kappa shape index (κ3) is 5.44. The maximum atomic E-state index is 13.0. The molecule has 1 fully saturated rings. The van der Waals surface area contributed by atoms with Crippen LogP contribution in [-0.4, -0.2) is 49.9 Å². The van der Waals surface area contributed by atoms with Gasteiger partial charge in [0.1, 0.15) is 11.5 Å². The van der Waals surface area contributed by atoms with Crippen molar-refractivity contribution in [2.45, 2.75) is 0 Å². The van der Waals surface area contributed by atoms with Crippen molar-refractivity contribution in [2.24, 2.45) is 0 Å². The zero-order valence-corrected chi connectivity index (χ0v) is 18.0. The van der Waals surface area contributed by atoms with Gasteiger partial charge in [-0.15, -0.1) is 0 Å². The lowest BCUT2D eigenvalue weighted by molar-refractivity contribution is -0.113. The molecule has 7 heteroatoms. The molecule has 2 aromatic carbocycles. The summed E-state index contributed by atoms with van der Waals surface area (Å²) in [6, 6.07) is 19.9. The molecule has 1 saturated heterocycles. The van der Waals surface area contributed by atoms with Gasteiger partial charge in [0.25, 0.3) is 11.8 Å². The van der Waals surface area contributed by atoms with Gasteiger partial charge in [-0.05, 0) is 55.6 Å². The normalized spacial score (nSPS) is 14.8.